The summed E-state index contributed by atoms with van der Waals surface area (Å²) in [6.07, 6.45) is 1.70. The number of pyridine rings is 1. The number of aromatic carboxylic acids is 1. The molecule has 0 fully saturated rings. The third-order valence-corrected chi connectivity index (χ3v) is 3.68. The van der Waals surface area contributed by atoms with E-state index in [1.54, 1.807) is 4.98 Å². The van der Waals surface area contributed by atoms with E-state index in [9.17, 15) is 22.8 Å². The maximum atomic E-state index is 11.9. The molecule has 0 saturated carbocycles. The molecule has 0 radical (unpaired) electrons. The molecule has 0 aliphatic heterocycles. The largest absolute Gasteiger partial charge is 0.478 e. The number of nitrogens with one attached hydrogen (secondary N) is 3. The summed E-state index contributed by atoms with van der Waals surface area (Å²) in [5, 5.41) is 8.69. The van der Waals surface area contributed by atoms with Gasteiger partial charge in [-0.25, -0.2) is 23.0 Å². The molecule has 0 unspecified atom stereocenters. The first-order chi connectivity index (χ1) is 9.79. The van der Waals surface area contributed by atoms with E-state index in [0.717, 1.165) is 24.5 Å². The molecule has 2 aromatic rings. The SMILES string of the molecule is O=C(O)c1ccc(NS(=O)(=O)c2c[nH]c(=O)[nH]c2=O)nc1. The summed E-state index contributed by atoms with van der Waals surface area (Å²) in [5.41, 5.74) is -2.06. The van der Waals surface area contributed by atoms with Gasteiger partial charge >= 0.3 is 11.7 Å². The fourth-order valence-electron chi connectivity index (χ4n) is 1.37. The van der Waals surface area contributed by atoms with Crippen LogP contribution < -0.4 is 16.0 Å². The Labute approximate surface area is 116 Å². The highest BCUT2D eigenvalue weighted by molar-refractivity contribution is 7.92. The van der Waals surface area contributed by atoms with Crippen LogP contribution >= 0.6 is 0 Å². The van der Waals surface area contributed by atoms with Crippen molar-refractivity contribution in [1.29, 1.82) is 0 Å². The first kappa shape index (κ1) is 14.5. The van der Waals surface area contributed by atoms with E-state index in [-0.39, 0.29) is 11.4 Å². The van der Waals surface area contributed by atoms with Crippen molar-refractivity contribution in [3.8, 4) is 0 Å². The van der Waals surface area contributed by atoms with Gasteiger partial charge in [0.1, 0.15) is 5.82 Å². The number of carboxylic acids is 1. The van der Waals surface area contributed by atoms with Crippen molar-refractivity contribution in [2.75, 3.05) is 4.72 Å². The van der Waals surface area contributed by atoms with Gasteiger partial charge in [-0.15, -0.1) is 0 Å². The molecule has 0 aliphatic rings. The van der Waals surface area contributed by atoms with Crippen LogP contribution in [-0.2, 0) is 10.0 Å². The molecule has 110 valence electrons. The highest BCUT2D eigenvalue weighted by atomic mass is 32.2. The first-order valence-electron chi connectivity index (χ1n) is 5.34. The molecule has 0 atom stereocenters. The minimum absolute atomic E-state index is 0.125. The number of rotatable bonds is 4. The van der Waals surface area contributed by atoms with Crippen molar-refractivity contribution in [3.63, 3.8) is 0 Å². The molecule has 0 saturated heterocycles. The Bertz CT molecular complexity index is 896. The average molecular weight is 312 g/mol. The zero-order valence-electron chi connectivity index (χ0n) is 10.2. The predicted octanol–water partition coefficient (Wildman–Crippen LogP) is -1.04. The summed E-state index contributed by atoms with van der Waals surface area (Å²) in [6, 6.07) is 2.27. The van der Waals surface area contributed by atoms with Gasteiger partial charge in [0.05, 0.1) is 5.56 Å². The number of H-pyrrole nitrogens is 2. The highest BCUT2D eigenvalue weighted by Gasteiger charge is 2.19. The second kappa shape index (κ2) is 5.20. The number of aromatic nitrogens is 3. The maximum Gasteiger partial charge on any atom is 0.337 e. The van der Waals surface area contributed by atoms with Crippen LogP contribution in [0.2, 0.25) is 0 Å². The number of hydrogen-bond acceptors (Lipinski definition) is 6. The average Bonchev–Trinajstić information content (AvgIpc) is 2.38. The van der Waals surface area contributed by atoms with Crippen LogP contribution in [0.3, 0.4) is 0 Å². The quantitative estimate of drug-likeness (QED) is 0.560. The second-order valence-electron chi connectivity index (χ2n) is 3.78. The Morgan fingerprint density at radius 1 is 1.29 bits per heavy atom. The molecular formula is C10H8N4O6S. The van der Waals surface area contributed by atoms with Gasteiger partial charge in [-0.2, -0.15) is 0 Å². The van der Waals surface area contributed by atoms with Crippen LogP contribution in [0.15, 0.2) is 39.0 Å². The number of carbonyl (C=O) groups is 1. The monoisotopic (exact) mass is 312 g/mol. The van der Waals surface area contributed by atoms with Crippen LogP contribution in [0, 0.1) is 0 Å². The number of anilines is 1. The Hall–Kier alpha value is -2.95. The number of sulfonamides is 1. The number of hydrogen-bond donors (Lipinski definition) is 4. The molecule has 2 heterocycles. The third kappa shape index (κ3) is 3.14. The minimum atomic E-state index is -4.27. The molecule has 10 nitrogen and oxygen atoms in total. The van der Waals surface area contributed by atoms with E-state index >= 15 is 0 Å². The lowest BCUT2D eigenvalue weighted by Crippen LogP contribution is -2.29. The zero-order chi connectivity index (χ0) is 15.6. The molecule has 0 amide bonds. The molecular weight excluding hydrogens is 304 g/mol. The zero-order valence-corrected chi connectivity index (χ0v) is 11.0. The third-order valence-electron chi connectivity index (χ3n) is 2.32. The van der Waals surface area contributed by atoms with Crippen LogP contribution in [0.1, 0.15) is 10.4 Å². The fraction of sp³-hybridized carbons (Fsp3) is 0. The summed E-state index contributed by atoms with van der Waals surface area (Å²) in [5.74, 6) is -1.39. The molecule has 0 bridgehead atoms. The van der Waals surface area contributed by atoms with Crippen molar-refractivity contribution >= 4 is 21.8 Å². The van der Waals surface area contributed by atoms with Crippen LogP contribution in [0.5, 0.6) is 0 Å². The fourth-order valence-corrected chi connectivity index (χ4v) is 2.39. The van der Waals surface area contributed by atoms with E-state index < -0.39 is 32.1 Å². The molecule has 21 heavy (non-hydrogen) atoms. The van der Waals surface area contributed by atoms with Crippen molar-refractivity contribution in [2.45, 2.75) is 4.90 Å². The van der Waals surface area contributed by atoms with Gasteiger partial charge in [-0.05, 0) is 12.1 Å². The van der Waals surface area contributed by atoms with Gasteiger partial charge in [0, 0.05) is 12.4 Å². The number of nitrogens with zero attached hydrogens (tertiary/aromatic N) is 1. The van der Waals surface area contributed by atoms with Gasteiger partial charge in [0.15, 0.2) is 4.90 Å². The summed E-state index contributed by atoms with van der Waals surface area (Å²) < 4.78 is 25.9. The van der Waals surface area contributed by atoms with Crippen LogP contribution in [0.25, 0.3) is 0 Å². The van der Waals surface area contributed by atoms with Crippen molar-refractivity contribution in [1.82, 2.24) is 15.0 Å². The Morgan fingerprint density at radius 2 is 2.00 bits per heavy atom. The van der Waals surface area contributed by atoms with E-state index in [1.807, 2.05) is 9.71 Å². The molecule has 2 aromatic heterocycles. The van der Waals surface area contributed by atoms with E-state index in [2.05, 4.69) is 4.98 Å². The summed E-state index contributed by atoms with van der Waals surface area (Å²) >= 11 is 0. The number of carboxylic acid groups (broad SMARTS) is 1. The highest BCUT2D eigenvalue weighted by Crippen LogP contribution is 2.10. The van der Waals surface area contributed by atoms with E-state index in [0.29, 0.717) is 0 Å². The topological polar surface area (TPSA) is 162 Å². The molecule has 0 aromatic carbocycles. The van der Waals surface area contributed by atoms with E-state index in [1.165, 1.54) is 0 Å². The second-order valence-corrected chi connectivity index (χ2v) is 5.43. The molecule has 2 rings (SSSR count). The first-order valence-corrected chi connectivity index (χ1v) is 6.82. The Balaban J connectivity index is 2.35. The lowest BCUT2D eigenvalue weighted by molar-refractivity contribution is 0.0696. The molecule has 11 heteroatoms. The summed E-state index contributed by atoms with van der Waals surface area (Å²) in [6.45, 7) is 0. The van der Waals surface area contributed by atoms with Gasteiger partial charge in [0.2, 0.25) is 0 Å². The van der Waals surface area contributed by atoms with Gasteiger partial charge < -0.3 is 10.1 Å². The molecule has 0 spiro atoms. The predicted molar refractivity (Wildman–Crippen MR) is 69.7 cm³/mol. The smallest absolute Gasteiger partial charge is 0.337 e. The van der Waals surface area contributed by atoms with Gasteiger partial charge in [-0.3, -0.25) is 14.5 Å². The normalized spacial score (nSPS) is 11.0. The summed E-state index contributed by atoms with van der Waals surface area (Å²) in [4.78, 5) is 39.6. The Morgan fingerprint density at radius 3 is 2.52 bits per heavy atom. The van der Waals surface area contributed by atoms with E-state index in [4.69, 9.17) is 5.11 Å². The van der Waals surface area contributed by atoms with Gasteiger partial charge in [-0.1, -0.05) is 0 Å². The Kier molecular flexibility index (Phi) is 3.58. The standard InChI is InChI=1S/C10H8N4O6S/c15-8-6(4-12-10(18)13-8)21(19,20)14-7-2-1-5(3-11-7)9(16)17/h1-4H,(H,11,14)(H,16,17)(H2,12,13,15,18). The lowest BCUT2D eigenvalue weighted by atomic mass is 10.3. The lowest BCUT2D eigenvalue weighted by Gasteiger charge is -2.06. The van der Waals surface area contributed by atoms with Crippen molar-refractivity contribution < 1.29 is 18.3 Å². The minimum Gasteiger partial charge on any atom is -0.478 e. The molecule has 4 N–H and O–H groups in total. The van der Waals surface area contributed by atoms with Crippen molar-refractivity contribution in [2.24, 2.45) is 0 Å². The van der Waals surface area contributed by atoms with Crippen LogP contribution in [0.4, 0.5) is 5.82 Å². The van der Waals surface area contributed by atoms with Crippen molar-refractivity contribution in [3.05, 3.63) is 50.9 Å². The molecule has 0 aliphatic carbocycles. The number of aromatic amines is 2. The van der Waals surface area contributed by atoms with Gasteiger partial charge in [0.25, 0.3) is 15.6 Å². The summed E-state index contributed by atoms with van der Waals surface area (Å²) in [7, 11) is -4.27. The maximum absolute atomic E-state index is 11.9. The van der Waals surface area contributed by atoms with Crippen LogP contribution in [-0.4, -0.2) is 34.4 Å².